The lowest BCUT2D eigenvalue weighted by Crippen LogP contribution is -2.08. The molecular formula is C25H31N3O2. The van der Waals surface area contributed by atoms with E-state index in [1.54, 1.807) is 12.1 Å². The minimum absolute atomic E-state index is 0.315. The maximum Gasteiger partial charge on any atom is 0.336 e. The fourth-order valence-electron chi connectivity index (χ4n) is 3.40. The molecule has 0 bridgehead atoms. The maximum absolute atomic E-state index is 11.5. The summed E-state index contributed by atoms with van der Waals surface area (Å²) in [4.78, 5) is 16.3. The highest BCUT2D eigenvalue weighted by Gasteiger charge is 2.15. The van der Waals surface area contributed by atoms with Crippen molar-refractivity contribution in [2.75, 3.05) is 0 Å². The molecule has 0 fully saturated rings. The molecule has 2 aromatic carbocycles. The molecular weight excluding hydrogens is 374 g/mol. The number of carboxylic acid groups (broad SMARTS) is 1. The van der Waals surface area contributed by atoms with Gasteiger partial charge in [-0.25, -0.2) is 14.5 Å². The van der Waals surface area contributed by atoms with Crippen molar-refractivity contribution in [2.45, 2.75) is 59.4 Å². The molecule has 1 atom stereocenters. The average Bonchev–Trinajstić information content (AvgIpc) is 3.14. The second-order valence-electron chi connectivity index (χ2n) is 8.33. The van der Waals surface area contributed by atoms with Gasteiger partial charge in [-0.3, -0.25) is 0 Å². The number of hydrogen-bond donors (Lipinski definition) is 1. The third-order valence-electron chi connectivity index (χ3n) is 5.52. The third kappa shape index (κ3) is 5.15. The Morgan fingerprint density at radius 3 is 2.40 bits per heavy atom. The molecule has 3 aromatic rings. The Morgan fingerprint density at radius 2 is 1.77 bits per heavy atom. The van der Waals surface area contributed by atoms with Crippen LogP contribution in [0.5, 0.6) is 0 Å². The molecule has 1 N–H and O–H groups in total. The van der Waals surface area contributed by atoms with Crippen LogP contribution in [-0.4, -0.2) is 25.8 Å². The van der Waals surface area contributed by atoms with Crippen molar-refractivity contribution in [1.29, 1.82) is 0 Å². The SMILES string of the molecule is CCC(C)c1nc(CCC(C)C)n(Cc2ccc(-c3ccccc3C(=O)O)cc2)n1. The molecule has 0 saturated carbocycles. The predicted octanol–water partition coefficient (Wildman–Crippen LogP) is 5.79. The summed E-state index contributed by atoms with van der Waals surface area (Å²) in [6.45, 7) is 9.44. The zero-order valence-corrected chi connectivity index (χ0v) is 18.3. The van der Waals surface area contributed by atoms with E-state index in [1.807, 2.05) is 41.1 Å². The van der Waals surface area contributed by atoms with Gasteiger partial charge >= 0.3 is 5.97 Å². The van der Waals surface area contributed by atoms with E-state index in [-0.39, 0.29) is 0 Å². The monoisotopic (exact) mass is 405 g/mol. The molecule has 0 aliphatic heterocycles. The normalized spacial score (nSPS) is 12.3. The van der Waals surface area contributed by atoms with E-state index in [0.29, 0.717) is 23.9 Å². The van der Waals surface area contributed by atoms with Gasteiger partial charge in [-0.15, -0.1) is 0 Å². The minimum atomic E-state index is -0.912. The Kier molecular flexibility index (Phi) is 7.03. The van der Waals surface area contributed by atoms with Crippen molar-refractivity contribution in [3.05, 3.63) is 71.3 Å². The Bertz CT molecular complexity index is 990. The average molecular weight is 406 g/mol. The van der Waals surface area contributed by atoms with Gasteiger partial charge in [0.05, 0.1) is 12.1 Å². The van der Waals surface area contributed by atoms with Crippen LogP contribution < -0.4 is 0 Å². The fourth-order valence-corrected chi connectivity index (χ4v) is 3.40. The lowest BCUT2D eigenvalue weighted by molar-refractivity contribution is 0.0697. The summed E-state index contributed by atoms with van der Waals surface area (Å²) in [7, 11) is 0. The molecule has 30 heavy (non-hydrogen) atoms. The van der Waals surface area contributed by atoms with Gasteiger partial charge in [0.2, 0.25) is 0 Å². The lowest BCUT2D eigenvalue weighted by Gasteiger charge is -2.10. The van der Waals surface area contributed by atoms with Gasteiger partial charge in [0, 0.05) is 12.3 Å². The van der Waals surface area contributed by atoms with Crippen molar-refractivity contribution in [3.8, 4) is 11.1 Å². The first kappa shape index (κ1) is 21.8. The summed E-state index contributed by atoms with van der Waals surface area (Å²) in [5, 5.41) is 14.2. The molecule has 0 saturated heterocycles. The van der Waals surface area contributed by atoms with Crippen molar-refractivity contribution in [3.63, 3.8) is 0 Å². The topological polar surface area (TPSA) is 68.0 Å². The van der Waals surface area contributed by atoms with E-state index in [4.69, 9.17) is 10.1 Å². The first-order valence-corrected chi connectivity index (χ1v) is 10.7. The highest BCUT2D eigenvalue weighted by atomic mass is 16.4. The van der Waals surface area contributed by atoms with Gasteiger partial charge < -0.3 is 5.11 Å². The van der Waals surface area contributed by atoms with E-state index in [1.165, 1.54) is 0 Å². The van der Waals surface area contributed by atoms with Gasteiger partial charge in [0.15, 0.2) is 5.82 Å². The minimum Gasteiger partial charge on any atom is -0.478 e. The van der Waals surface area contributed by atoms with Gasteiger partial charge in [0.1, 0.15) is 5.82 Å². The summed E-state index contributed by atoms with van der Waals surface area (Å²) in [5.74, 6) is 2.02. The Hall–Kier alpha value is -2.95. The number of rotatable bonds is 9. The summed E-state index contributed by atoms with van der Waals surface area (Å²) in [6, 6.07) is 15.2. The largest absolute Gasteiger partial charge is 0.478 e. The molecule has 0 amide bonds. The number of nitrogens with zero attached hydrogens (tertiary/aromatic N) is 3. The zero-order valence-electron chi connectivity index (χ0n) is 18.3. The highest BCUT2D eigenvalue weighted by Crippen LogP contribution is 2.25. The van der Waals surface area contributed by atoms with E-state index < -0.39 is 5.97 Å². The molecule has 0 spiro atoms. The van der Waals surface area contributed by atoms with Crippen molar-refractivity contribution in [2.24, 2.45) is 5.92 Å². The number of aromatic carboxylic acids is 1. The fraction of sp³-hybridized carbons (Fsp3) is 0.400. The number of aryl methyl sites for hydroxylation is 1. The van der Waals surface area contributed by atoms with Crippen LogP contribution in [0.2, 0.25) is 0 Å². The Balaban J connectivity index is 1.84. The van der Waals surface area contributed by atoms with Crippen LogP contribution in [0.3, 0.4) is 0 Å². The number of hydrogen-bond acceptors (Lipinski definition) is 3. The molecule has 1 unspecified atom stereocenters. The van der Waals surface area contributed by atoms with E-state index in [2.05, 4.69) is 27.7 Å². The summed E-state index contributed by atoms with van der Waals surface area (Å²) < 4.78 is 2.03. The zero-order chi connectivity index (χ0) is 21.7. The second-order valence-corrected chi connectivity index (χ2v) is 8.33. The first-order valence-electron chi connectivity index (χ1n) is 10.7. The molecule has 0 aliphatic rings. The van der Waals surface area contributed by atoms with Crippen LogP contribution in [0.4, 0.5) is 0 Å². The van der Waals surface area contributed by atoms with E-state index >= 15 is 0 Å². The molecule has 0 aliphatic carbocycles. The number of carbonyl (C=O) groups is 1. The smallest absolute Gasteiger partial charge is 0.336 e. The van der Waals surface area contributed by atoms with Gasteiger partial charge in [0.25, 0.3) is 0 Å². The van der Waals surface area contributed by atoms with E-state index in [9.17, 15) is 9.90 Å². The first-order chi connectivity index (χ1) is 14.4. The number of benzene rings is 2. The Labute approximate surface area is 178 Å². The molecule has 5 heteroatoms. The molecule has 0 radical (unpaired) electrons. The van der Waals surface area contributed by atoms with Crippen LogP contribution in [0.15, 0.2) is 48.5 Å². The van der Waals surface area contributed by atoms with Crippen LogP contribution in [0.1, 0.15) is 74.0 Å². The quantitative estimate of drug-likeness (QED) is 0.489. The summed E-state index contributed by atoms with van der Waals surface area (Å²) in [5.41, 5.74) is 3.07. The maximum atomic E-state index is 11.5. The van der Waals surface area contributed by atoms with Crippen LogP contribution in [-0.2, 0) is 13.0 Å². The third-order valence-corrected chi connectivity index (χ3v) is 5.52. The standard InChI is InChI=1S/C25H31N3O2/c1-5-18(4)24-26-23(15-10-17(2)3)28(27-24)16-19-11-13-20(14-12-19)21-8-6-7-9-22(21)25(29)30/h6-9,11-14,17-18H,5,10,15-16H2,1-4H3,(H,29,30). The summed E-state index contributed by atoms with van der Waals surface area (Å²) in [6.07, 6.45) is 3.03. The summed E-state index contributed by atoms with van der Waals surface area (Å²) >= 11 is 0. The van der Waals surface area contributed by atoms with Crippen molar-refractivity contribution < 1.29 is 9.90 Å². The van der Waals surface area contributed by atoms with Gasteiger partial charge in [-0.05, 0) is 41.5 Å². The van der Waals surface area contributed by atoms with Crippen molar-refractivity contribution in [1.82, 2.24) is 14.8 Å². The van der Waals surface area contributed by atoms with Crippen LogP contribution >= 0.6 is 0 Å². The van der Waals surface area contributed by atoms with E-state index in [0.717, 1.165) is 47.6 Å². The van der Waals surface area contributed by atoms with Gasteiger partial charge in [-0.1, -0.05) is 70.2 Å². The molecule has 158 valence electrons. The number of aromatic nitrogens is 3. The molecule has 1 heterocycles. The number of carboxylic acids is 1. The molecule has 1 aromatic heterocycles. The predicted molar refractivity (Wildman–Crippen MR) is 120 cm³/mol. The van der Waals surface area contributed by atoms with Crippen molar-refractivity contribution >= 4 is 5.97 Å². The van der Waals surface area contributed by atoms with Crippen LogP contribution in [0, 0.1) is 5.92 Å². The highest BCUT2D eigenvalue weighted by molar-refractivity contribution is 5.95. The Morgan fingerprint density at radius 1 is 1.07 bits per heavy atom. The lowest BCUT2D eigenvalue weighted by atomic mass is 9.99. The van der Waals surface area contributed by atoms with Gasteiger partial charge in [-0.2, -0.15) is 5.10 Å². The molecule has 3 rings (SSSR count). The second kappa shape index (κ2) is 9.70. The molecule has 5 nitrogen and oxygen atoms in total. The van der Waals surface area contributed by atoms with Crippen LogP contribution in [0.25, 0.3) is 11.1 Å².